The van der Waals surface area contributed by atoms with Crippen LogP contribution < -0.4 is 5.32 Å². The molecule has 5 heteroatoms. The number of aliphatic hydroxyl groups excluding tert-OH is 1. The summed E-state index contributed by atoms with van der Waals surface area (Å²) in [7, 11) is 0. The van der Waals surface area contributed by atoms with E-state index in [2.05, 4.69) is 5.32 Å². The Hall–Kier alpha value is -2.27. The zero-order valence-electron chi connectivity index (χ0n) is 12.1. The van der Waals surface area contributed by atoms with Gasteiger partial charge in [-0.05, 0) is 30.5 Å². The molecule has 1 amide bonds. The monoisotopic (exact) mass is 305 g/mol. The second kappa shape index (κ2) is 7.13. The molecule has 3 nitrogen and oxygen atoms in total. The highest BCUT2D eigenvalue weighted by Gasteiger charge is 2.19. The maximum atomic E-state index is 13.8. The van der Waals surface area contributed by atoms with Crippen LogP contribution in [0, 0.1) is 18.6 Å². The fourth-order valence-electron chi connectivity index (χ4n) is 2.20. The van der Waals surface area contributed by atoms with Gasteiger partial charge in [0.1, 0.15) is 11.6 Å². The van der Waals surface area contributed by atoms with Crippen LogP contribution in [0.4, 0.5) is 8.78 Å². The molecule has 2 aromatic carbocycles. The predicted octanol–water partition coefficient (Wildman–Crippen LogP) is 3.13. The van der Waals surface area contributed by atoms with Crippen molar-refractivity contribution in [2.24, 2.45) is 0 Å². The van der Waals surface area contributed by atoms with Gasteiger partial charge >= 0.3 is 0 Å². The third-order valence-electron chi connectivity index (χ3n) is 3.42. The van der Waals surface area contributed by atoms with E-state index in [-0.39, 0.29) is 17.7 Å². The van der Waals surface area contributed by atoms with Crippen molar-refractivity contribution in [1.82, 2.24) is 5.32 Å². The van der Waals surface area contributed by atoms with E-state index in [1.54, 1.807) is 0 Å². The third-order valence-corrected chi connectivity index (χ3v) is 3.42. The molecule has 2 aromatic rings. The van der Waals surface area contributed by atoms with Gasteiger partial charge < -0.3 is 10.4 Å². The molecular weight excluding hydrogens is 288 g/mol. The first-order valence-electron chi connectivity index (χ1n) is 6.95. The van der Waals surface area contributed by atoms with Crippen molar-refractivity contribution >= 4 is 5.91 Å². The van der Waals surface area contributed by atoms with Crippen molar-refractivity contribution < 1.29 is 18.7 Å². The Morgan fingerprint density at radius 3 is 2.50 bits per heavy atom. The van der Waals surface area contributed by atoms with E-state index in [1.807, 2.05) is 30.3 Å². The lowest BCUT2D eigenvalue weighted by atomic mass is 10.0. The van der Waals surface area contributed by atoms with Crippen LogP contribution in [0.25, 0.3) is 0 Å². The van der Waals surface area contributed by atoms with Crippen LogP contribution in [0.15, 0.2) is 42.5 Å². The Morgan fingerprint density at radius 1 is 1.18 bits per heavy atom. The molecule has 0 radical (unpaired) electrons. The molecule has 0 aliphatic heterocycles. The lowest BCUT2D eigenvalue weighted by Gasteiger charge is -2.18. The first-order chi connectivity index (χ1) is 10.5. The molecule has 1 unspecified atom stereocenters. The van der Waals surface area contributed by atoms with Crippen LogP contribution in [0.1, 0.15) is 33.9 Å². The summed E-state index contributed by atoms with van der Waals surface area (Å²) in [5, 5.41) is 11.8. The topological polar surface area (TPSA) is 49.3 Å². The minimum absolute atomic E-state index is 0.120. The van der Waals surface area contributed by atoms with Gasteiger partial charge in [-0.25, -0.2) is 8.78 Å². The van der Waals surface area contributed by atoms with Crippen molar-refractivity contribution in [3.8, 4) is 0 Å². The van der Waals surface area contributed by atoms with Gasteiger partial charge in [-0.1, -0.05) is 30.3 Å². The Morgan fingerprint density at radius 2 is 1.86 bits per heavy atom. The molecule has 2 rings (SSSR count). The van der Waals surface area contributed by atoms with E-state index in [4.69, 9.17) is 5.11 Å². The SMILES string of the molecule is Cc1cc(C(=O)NC(CCO)c2ccccc2)c(F)cc1F. The van der Waals surface area contributed by atoms with Gasteiger partial charge in [-0.3, -0.25) is 4.79 Å². The van der Waals surface area contributed by atoms with Crippen molar-refractivity contribution in [1.29, 1.82) is 0 Å². The average molecular weight is 305 g/mol. The number of carbonyl (C=O) groups excluding carboxylic acids is 1. The number of carbonyl (C=O) groups is 1. The number of hydrogen-bond acceptors (Lipinski definition) is 2. The molecule has 0 heterocycles. The van der Waals surface area contributed by atoms with Gasteiger partial charge in [-0.15, -0.1) is 0 Å². The maximum absolute atomic E-state index is 13.8. The smallest absolute Gasteiger partial charge is 0.254 e. The highest BCUT2D eigenvalue weighted by Crippen LogP contribution is 2.19. The molecule has 2 N–H and O–H groups in total. The zero-order valence-corrected chi connectivity index (χ0v) is 12.1. The molecule has 116 valence electrons. The van der Waals surface area contributed by atoms with Crippen LogP contribution in [0.5, 0.6) is 0 Å². The van der Waals surface area contributed by atoms with Crippen LogP contribution in [0.3, 0.4) is 0 Å². The molecule has 22 heavy (non-hydrogen) atoms. The summed E-state index contributed by atoms with van der Waals surface area (Å²) in [6.07, 6.45) is 0.303. The average Bonchev–Trinajstić information content (AvgIpc) is 2.51. The Labute approximate surface area is 127 Å². The van der Waals surface area contributed by atoms with Gasteiger partial charge in [0.05, 0.1) is 11.6 Å². The van der Waals surface area contributed by atoms with Crippen LogP contribution in [0.2, 0.25) is 0 Å². The Balaban J connectivity index is 2.24. The molecule has 0 aliphatic rings. The largest absolute Gasteiger partial charge is 0.396 e. The van der Waals surface area contributed by atoms with E-state index < -0.39 is 23.6 Å². The van der Waals surface area contributed by atoms with Crippen molar-refractivity contribution in [3.63, 3.8) is 0 Å². The standard InChI is InChI=1S/C17H17F2NO2/c1-11-9-13(15(19)10-14(11)18)17(22)20-16(7-8-21)12-5-3-2-4-6-12/h2-6,9-10,16,21H,7-8H2,1H3,(H,20,22). The fraction of sp³-hybridized carbons (Fsp3) is 0.235. The molecule has 0 bridgehead atoms. The summed E-state index contributed by atoms with van der Waals surface area (Å²) >= 11 is 0. The number of benzene rings is 2. The molecule has 0 fully saturated rings. The third kappa shape index (κ3) is 3.68. The lowest BCUT2D eigenvalue weighted by Crippen LogP contribution is -2.30. The van der Waals surface area contributed by atoms with Crippen LogP contribution in [-0.4, -0.2) is 17.6 Å². The number of aliphatic hydroxyl groups is 1. The predicted molar refractivity (Wildman–Crippen MR) is 79.4 cm³/mol. The van der Waals surface area contributed by atoms with Gasteiger partial charge in [0, 0.05) is 12.7 Å². The second-order valence-electron chi connectivity index (χ2n) is 5.03. The number of halogens is 2. The number of aryl methyl sites for hydroxylation is 1. The summed E-state index contributed by atoms with van der Waals surface area (Å²) in [5.41, 5.74) is 0.798. The fourth-order valence-corrected chi connectivity index (χ4v) is 2.20. The van der Waals surface area contributed by atoms with E-state index in [9.17, 15) is 13.6 Å². The van der Waals surface area contributed by atoms with Crippen molar-refractivity contribution in [3.05, 3.63) is 70.8 Å². The summed E-state index contributed by atoms with van der Waals surface area (Å²) < 4.78 is 27.0. The van der Waals surface area contributed by atoms with Gasteiger partial charge in [0.2, 0.25) is 0 Å². The number of amides is 1. The Bertz CT molecular complexity index is 659. The zero-order chi connectivity index (χ0) is 16.1. The minimum atomic E-state index is -0.906. The van der Waals surface area contributed by atoms with Crippen molar-refractivity contribution in [2.75, 3.05) is 6.61 Å². The highest BCUT2D eigenvalue weighted by molar-refractivity contribution is 5.94. The lowest BCUT2D eigenvalue weighted by molar-refractivity contribution is 0.0925. The van der Waals surface area contributed by atoms with Crippen molar-refractivity contribution in [2.45, 2.75) is 19.4 Å². The van der Waals surface area contributed by atoms with Gasteiger partial charge in [0.15, 0.2) is 0 Å². The minimum Gasteiger partial charge on any atom is -0.396 e. The number of rotatable bonds is 5. The first kappa shape index (κ1) is 16.1. The van der Waals surface area contributed by atoms with Gasteiger partial charge in [0.25, 0.3) is 5.91 Å². The van der Waals surface area contributed by atoms with E-state index in [0.29, 0.717) is 12.5 Å². The molecule has 0 aliphatic carbocycles. The summed E-state index contributed by atoms with van der Waals surface area (Å²) in [6.45, 7) is 1.35. The molecule has 1 atom stereocenters. The molecule has 0 aromatic heterocycles. The quantitative estimate of drug-likeness (QED) is 0.891. The number of nitrogens with one attached hydrogen (secondary N) is 1. The molecule has 0 saturated heterocycles. The first-order valence-corrected chi connectivity index (χ1v) is 6.95. The number of hydrogen-bond donors (Lipinski definition) is 2. The van der Waals surface area contributed by atoms with Gasteiger partial charge in [-0.2, -0.15) is 0 Å². The van der Waals surface area contributed by atoms with Crippen LogP contribution in [-0.2, 0) is 0 Å². The van der Waals surface area contributed by atoms with E-state index >= 15 is 0 Å². The molecular formula is C17H17F2NO2. The summed E-state index contributed by atoms with van der Waals surface area (Å²) in [6, 6.07) is 10.5. The van der Waals surface area contributed by atoms with E-state index in [1.165, 1.54) is 13.0 Å². The maximum Gasteiger partial charge on any atom is 0.254 e. The summed E-state index contributed by atoms with van der Waals surface area (Å²) in [5.74, 6) is -2.23. The van der Waals surface area contributed by atoms with Crippen LogP contribution >= 0.6 is 0 Å². The molecule has 0 saturated carbocycles. The second-order valence-corrected chi connectivity index (χ2v) is 5.03. The summed E-state index contributed by atoms with van der Waals surface area (Å²) in [4.78, 5) is 12.2. The normalized spacial score (nSPS) is 12.0. The highest BCUT2D eigenvalue weighted by atomic mass is 19.1. The Kier molecular flexibility index (Phi) is 5.22. The van der Waals surface area contributed by atoms with E-state index in [0.717, 1.165) is 5.56 Å². The molecule has 0 spiro atoms.